The SMILES string of the molecule is COc1ccc(SN(O)C2=CC=CCC=C2)cc1. The minimum Gasteiger partial charge on any atom is -0.497 e. The van der Waals surface area contributed by atoms with E-state index in [1.165, 1.54) is 11.9 Å². The lowest BCUT2D eigenvalue weighted by atomic mass is 10.3. The average Bonchev–Trinajstić information content (AvgIpc) is 2.68. The van der Waals surface area contributed by atoms with Gasteiger partial charge in [-0.3, -0.25) is 5.21 Å². The van der Waals surface area contributed by atoms with E-state index < -0.39 is 0 Å². The maximum Gasteiger partial charge on any atom is 0.118 e. The van der Waals surface area contributed by atoms with Crippen LogP contribution in [-0.2, 0) is 0 Å². The Morgan fingerprint density at radius 2 is 2.00 bits per heavy atom. The Morgan fingerprint density at radius 1 is 1.22 bits per heavy atom. The van der Waals surface area contributed by atoms with Crippen LogP contribution < -0.4 is 4.74 Å². The van der Waals surface area contributed by atoms with Crippen molar-refractivity contribution in [1.82, 2.24) is 4.47 Å². The van der Waals surface area contributed by atoms with Gasteiger partial charge >= 0.3 is 0 Å². The van der Waals surface area contributed by atoms with Crippen LogP contribution >= 0.6 is 11.9 Å². The van der Waals surface area contributed by atoms with E-state index in [1.54, 1.807) is 7.11 Å². The minimum atomic E-state index is 0.754. The molecular formula is C14H15NO2S. The van der Waals surface area contributed by atoms with Gasteiger partial charge in [-0.25, -0.2) is 0 Å². The second kappa shape index (κ2) is 6.33. The first-order chi connectivity index (χ1) is 8.79. The van der Waals surface area contributed by atoms with Gasteiger partial charge in [-0.2, -0.15) is 4.47 Å². The molecule has 1 aliphatic carbocycles. The van der Waals surface area contributed by atoms with Crippen molar-refractivity contribution in [2.45, 2.75) is 11.3 Å². The molecule has 2 rings (SSSR count). The summed E-state index contributed by atoms with van der Waals surface area (Å²) >= 11 is 1.26. The first-order valence-corrected chi connectivity index (χ1v) is 6.41. The smallest absolute Gasteiger partial charge is 0.118 e. The van der Waals surface area contributed by atoms with Crippen LogP contribution in [0.5, 0.6) is 5.75 Å². The van der Waals surface area contributed by atoms with Gasteiger partial charge in [0.15, 0.2) is 0 Å². The molecule has 0 aliphatic heterocycles. The normalized spacial score (nSPS) is 14.0. The van der Waals surface area contributed by atoms with Crippen molar-refractivity contribution in [3.8, 4) is 5.75 Å². The number of allylic oxidation sites excluding steroid dienone is 5. The molecule has 94 valence electrons. The predicted molar refractivity (Wildman–Crippen MR) is 73.5 cm³/mol. The Hall–Kier alpha value is -1.65. The molecule has 1 N–H and O–H groups in total. The third kappa shape index (κ3) is 3.42. The summed E-state index contributed by atoms with van der Waals surface area (Å²) in [6, 6.07) is 7.55. The monoisotopic (exact) mass is 261 g/mol. The lowest BCUT2D eigenvalue weighted by Gasteiger charge is -2.15. The van der Waals surface area contributed by atoms with E-state index in [0.29, 0.717) is 0 Å². The van der Waals surface area contributed by atoms with Gasteiger partial charge in [0.25, 0.3) is 0 Å². The maximum atomic E-state index is 9.99. The highest BCUT2D eigenvalue weighted by atomic mass is 32.2. The number of methoxy groups -OCH3 is 1. The number of benzene rings is 1. The van der Waals surface area contributed by atoms with Crippen molar-refractivity contribution in [2.24, 2.45) is 0 Å². The predicted octanol–water partition coefficient (Wildman–Crippen LogP) is 3.79. The molecule has 3 nitrogen and oxygen atoms in total. The molecule has 0 saturated heterocycles. The van der Waals surface area contributed by atoms with Crippen LogP contribution in [0.3, 0.4) is 0 Å². The van der Waals surface area contributed by atoms with Crippen molar-refractivity contribution in [1.29, 1.82) is 0 Å². The summed E-state index contributed by atoms with van der Waals surface area (Å²) in [5.41, 5.74) is 0.754. The largest absolute Gasteiger partial charge is 0.497 e. The Bertz CT molecular complexity index is 477. The van der Waals surface area contributed by atoms with Crippen molar-refractivity contribution < 1.29 is 9.94 Å². The highest BCUT2D eigenvalue weighted by molar-refractivity contribution is 7.97. The lowest BCUT2D eigenvalue weighted by Crippen LogP contribution is -2.07. The molecule has 0 aromatic heterocycles. The molecule has 18 heavy (non-hydrogen) atoms. The summed E-state index contributed by atoms with van der Waals surface area (Å²) in [6.45, 7) is 0. The van der Waals surface area contributed by atoms with Crippen LogP contribution in [-0.4, -0.2) is 16.8 Å². The molecule has 0 fully saturated rings. The third-order valence-corrected chi connectivity index (χ3v) is 3.30. The van der Waals surface area contributed by atoms with Gasteiger partial charge in [0.2, 0.25) is 0 Å². The standard InChI is InChI=1S/C14H15NO2S/c1-17-13-8-10-14(11-9-13)18-15(16)12-6-4-2-3-5-7-12/h2,4-11,16H,3H2,1H3. The van der Waals surface area contributed by atoms with Gasteiger partial charge < -0.3 is 4.74 Å². The number of rotatable bonds is 4. The van der Waals surface area contributed by atoms with E-state index in [-0.39, 0.29) is 0 Å². The van der Waals surface area contributed by atoms with Crippen LogP contribution in [0.25, 0.3) is 0 Å². The molecule has 1 aliphatic rings. The fourth-order valence-corrected chi connectivity index (χ4v) is 2.17. The quantitative estimate of drug-likeness (QED) is 0.660. The highest BCUT2D eigenvalue weighted by Gasteiger charge is 2.06. The molecule has 1 aromatic carbocycles. The summed E-state index contributed by atoms with van der Waals surface area (Å²) in [6.07, 6.45) is 10.6. The molecule has 0 unspecified atom stereocenters. The fourth-order valence-electron chi connectivity index (χ4n) is 1.48. The molecule has 0 radical (unpaired) electrons. The number of hydroxylamine groups is 1. The number of hydrogen-bond acceptors (Lipinski definition) is 4. The molecule has 0 spiro atoms. The molecule has 0 bridgehead atoms. The lowest BCUT2D eigenvalue weighted by molar-refractivity contribution is 0.0583. The minimum absolute atomic E-state index is 0.754. The molecule has 0 atom stereocenters. The Labute approximate surface area is 111 Å². The zero-order valence-electron chi connectivity index (χ0n) is 10.1. The zero-order chi connectivity index (χ0) is 12.8. The van der Waals surface area contributed by atoms with Gasteiger partial charge in [0.1, 0.15) is 5.75 Å². The fraction of sp³-hybridized carbons (Fsp3) is 0.143. The van der Waals surface area contributed by atoms with E-state index in [4.69, 9.17) is 4.74 Å². The number of ether oxygens (including phenoxy) is 1. The molecule has 0 saturated carbocycles. The highest BCUT2D eigenvalue weighted by Crippen LogP contribution is 2.27. The number of nitrogens with zero attached hydrogens (tertiary/aromatic N) is 1. The molecular weight excluding hydrogens is 246 g/mol. The van der Waals surface area contributed by atoms with Crippen LogP contribution in [0.4, 0.5) is 0 Å². The van der Waals surface area contributed by atoms with Crippen LogP contribution in [0.1, 0.15) is 6.42 Å². The van der Waals surface area contributed by atoms with E-state index >= 15 is 0 Å². The summed E-state index contributed by atoms with van der Waals surface area (Å²) in [7, 11) is 1.63. The Balaban J connectivity index is 2.03. The third-order valence-electron chi connectivity index (χ3n) is 2.44. The first kappa shape index (κ1) is 12.8. The van der Waals surface area contributed by atoms with E-state index in [1.807, 2.05) is 54.6 Å². The van der Waals surface area contributed by atoms with Crippen molar-refractivity contribution in [3.63, 3.8) is 0 Å². The summed E-state index contributed by atoms with van der Waals surface area (Å²) in [4.78, 5) is 0.945. The Kier molecular flexibility index (Phi) is 4.50. The average molecular weight is 261 g/mol. The molecule has 0 heterocycles. The van der Waals surface area contributed by atoms with Gasteiger partial charge in [-0.1, -0.05) is 18.2 Å². The second-order valence-electron chi connectivity index (χ2n) is 3.70. The second-order valence-corrected chi connectivity index (χ2v) is 4.70. The molecule has 1 aromatic rings. The van der Waals surface area contributed by atoms with Crippen LogP contribution in [0.15, 0.2) is 65.2 Å². The van der Waals surface area contributed by atoms with Gasteiger partial charge in [0.05, 0.1) is 12.8 Å². The number of hydrogen-bond donors (Lipinski definition) is 1. The van der Waals surface area contributed by atoms with E-state index in [9.17, 15) is 5.21 Å². The van der Waals surface area contributed by atoms with Gasteiger partial charge in [-0.05, 0) is 42.8 Å². The topological polar surface area (TPSA) is 32.7 Å². The summed E-state index contributed by atoms with van der Waals surface area (Å²) in [5, 5.41) is 9.99. The van der Waals surface area contributed by atoms with Crippen molar-refractivity contribution in [2.75, 3.05) is 7.11 Å². The van der Waals surface area contributed by atoms with Gasteiger partial charge in [-0.15, -0.1) is 0 Å². The summed E-state index contributed by atoms with van der Waals surface area (Å²) < 4.78 is 6.25. The first-order valence-electron chi connectivity index (χ1n) is 5.64. The van der Waals surface area contributed by atoms with E-state index in [2.05, 4.69) is 0 Å². The molecule has 0 amide bonds. The Morgan fingerprint density at radius 3 is 2.72 bits per heavy atom. The van der Waals surface area contributed by atoms with E-state index in [0.717, 1.165) is 27.2 Å². The van der Waals surface area contributed by atoms with Crippen molar-refractivity contribution in [3.05, 3.63) is 60.3 Å². The molecule has 4 heteroatoms. The summed E-state index contributed by atoms with van der Waals surface area (Å²) in [5.74, 6) is 0.806. The van der Waals surface area contributed by atoms with Crippen molar-refractivity contribution >= 4 is 11.9 Å². The zero-order valence-corrected chi connectivity index (χ0v) is 10.9. The van der Waals surface area contributed by atoms with Gasteiger partial charge in [0, 0.05) is 16.8 Å². The van der Waals surface area contributed by atoms with Crippen LogP contribution in [0, 0.1) is 0 Å². The maximum absolute atomic E-state index is 9.99. The van der Waals surface area contributed by atoms with Crippen LogP contribution in [0.2, 0.25) is 0 Å².